The molecule has 29 heavy (non-hydrogen) atoms. The lowest BCUT2D eigenvalue weighted by atomic mass is 10.2. The van der Waals surface area contributed by atoms with Crippen LogP contribution in [0.4, 0.5) is 11.4 Å². The minimum Gasteiger partial charge on any atom is -0.494 e. The van der Waals surface area contributed by atoms with Crippen LogP contribution in [0.2, 0.25) is 0 Å². The number of nitrogens with zero attached hydrogens (tertiary/aromatic N) is 3. The van der Waals surface area contributed by atoms with E-state index in [0.717, 1.165) is 16.1 Å². The number of sulfonamides is 1. The van der Waals surface area contributed by atoms with Crippen LogP contribution < -0.4 is 13.9 Å². The van der Waals surface area contributed by atoms with Gasteiger partial charge >= 0.3 is 0 Å². The lowest BCUT2D eigenvalue weighted by molar-refractivity contribution is -0.117. The molecule has 2 aromatic rings. The Morgan fingerprint density at radius 1 is 1.14 bits per heavy atom. The van der Waals surface area contributed by atoms with E-state index < -0.39 is 15.9 Å². The van der Waals surface area contributed by atoms with Crippen LogP contribution in [0.3, 0.4) is 0 Å². The molecule has 0 aliphatic rings. The minimum atomic E-state index is -3.68. The number of carbonyl (C=O) groups is 1. The highest BCUT2D eigenvalue weighted by Gasteiger charge is 2.25. The van der Waals surface area contributed by atoms with Gasteiger partial charge in [0.1, 0.15) is 12.3 Å². The van der Waals surface area contributed by atoms with Crippen molar-refractivity contribution in [3.63, 3.8) is 0 Å². The number of nitriles is 1. The highest BCUT2D eigenvalue weighted by atomic mass is 32.2. The van der Waals surface area contributed by atoms with Crippen LogP contribution in [-0.2, 0) is 14.8 Å². The Morgan fingerprint density at radius 2 is 1.79 bits per heavy atom. The van der Waals surface area contributed by atoms with Crippen LogP contribution in [0.25, 0.3) is 0 Å². The Morgan fingerprint density at radius 3 is 2.34 bits per heavy atom. The lowest BCUT2D eigenvalue weighted by Crippen LogP contribution is -2.43. The first kappa shape index (κ1) is 22.2. The van der Waals surface area contributed by atoms with Crippen LogP contribution in [0.15, 0.2) is 48.5 Å². The Bertz CT molecular complexity index is 982. The summed E-state index contributed by atoms with van der Waals surface area (Å²) in [5, 5.41) is 8.97. The molecule has 0 fully saturated rings. The second-order valence-electron chi connectivity index (χ2n) is 6.44. The molecule has 0 saturated carbocycles. The van der Waals surface area contributed by atoms with E-state index in [0.29, 0.717) is 23.7 Å². The SMILES string of the molecule is CCOc1ccc(N(CCC#N)C(=O)CN(c2ccccc2C)S(C)(=O)=O)cc1. The zero-order chi connectivity index (χ0) is 21.4. The maximum absolute atomic E-state index is 13.1. The molecular formula is C21H25N3O4S. The van der Waals surface area contributed by atoms with Gasteiger partial charge in [0.25, 0.3) is 0 Å². The van der Waals surface area contributed by atoms with Crippen LogP contribution in [0.1, 0.15) is 18.9 Å². The third-order valence-electron chi connectivity index (χ3n) is 4.27. The Kier molecular flexibility index (Phi) is 7.62. The number of rotatable bonds is 9. The van der Waals surface area contributed by atoms with Gasteiger partial charge in [0.05, 0.1) is 31.0 Å². The zero-order valence-corrected chi connectivity index (χ0v) is 17.6. The van der Waals surface area contributed by atoms with Gasteiger partial charge in [-0.25, -0.2) is 8.42 Å². The summed E-state index contributed by atoms with van der Waals surface area (Å²) in [6.45, 7) is 3.99. The number of para-hydroxylation sites is 1. The van der Waals surface area contributed by atoms with E-state index in [1.807, 2.05) is 13.0 Å². The Labute approximate surface area is 172 Å². The fraction of sp³-hybridized carbons (Fsp3) is 0.333. The largest absolute Gasteiger partial charge is 0.494 e. The molecule has 0 N–H and O–H groups in total. The summed E-state index contributed by atoms with van der Waals surface area (Å²) < 4.78 is 31.3. The van der Waals surface area contributed by atoms with E-state index in [2.05, 4.69) is 0 Å². The number of carbonyl (C=O) groups excluding carboxylic acids is 1. The molecule has 2 rings (SSSR count). The van der Waals surface area contributed by atoms with Crippen molar-refractivity contribution in [3.8, 4) is 11.8 Å². The van der Waals surface area contributed by atoms with Crippen LogP contribution in [0, 0.1) is 18.3 Å². The maximum Gasteiger partial charge on any atom is 0.247 e. The molecule has 0 heterocycles. The molecule has 0 atom stereocenters. The van der Waals surface area contributed by atoms with Crippen LogP contribution >= 0.6 is 0 Å². The number of hydrogen-bond acceptors (Lipinski definition) is 5. The average molecular weight is 416 g/mol. The number of aryl methyl sites for hydroxylation is 1. The second-order valence-corrected chi connectivity index (χ2v) is 8.34. The number of ether oxygens (including phenoxy) is 1. The second kappa shape index (κ2) is 9.94. The van der Waals surface area contributed by atoms with Crippen molar-refractivity contribution in [1.82, 2.24) is 0 Å². The summed E-state index contributed by atoms with van der Waals surface area (Å²) in [7, 11) is -3.68. The maximum atomic E-state index is 13.1. The third kappa shape index (κ3) is 5.96. The van der Waals surface area contributed by atoms with Crippen LogP contribution in [-0.4, -0.2) is 40.3 Å². The number of hydrogen-bond donors (Lipinski definition) is 0. The van der Waals surface area contributed by atoms with E-state index in [4.69, 9.17) is 10.00 Å². The van der Waals surface area contributed by atoms with Crippen molar-refractivity contribution in [1.29, 1.82) is 5.26 Å². The van der Waals surface area contributed by atoms with Gasteiger partial charge < -0.3 is 9.64 Å². The summed E-state index contributed by atoms with van der Waals surface area (Å²) in [4.78, 5) is 14.5. The molecule has 2 aromatic carbocycles. The minimum absolute atomic E-state index is 0.127. The highest BCUT2D eigenvalue weighted by Crippen LogP contribution is 2.24. The van der Waals surface area contributed by atoms with Crippen molar-refractivity contribution in [3.05, 3.63) is 54.1 Å². The van der Waals surface area contributed by atoms with Gasteiger partial charge in [-0.05, 0) is 49.7 Å². The number of amides is 1. The zero-order valence-electron chi connectivity index (χ0n) is 16.8. The first-order valence-corrected chi connectivity index (χ1v) is 11.1. The quantitative estimate of drug-likeness (QED) is 0.628. The van der Waals surface area contributed by atoms with Gasteiger partial charge in [-0.2, -0.15) is 5.26 Å². The predicted molar refractivity (Wildman–Crippen MR) is 114 cm³/mol. The molecule has 8 heteroatoms. The average Bonchev–Trinajstić information content (AvgIpc) is 2.68. The predicted octanol–water partition coefficient (Wildman–Crippen LogP) is 3.11. The summed E-state index contributed by atoms with van der Waals surface area (Å²) >= 11 is 0. The molecule has 0 radical (unpaired) electrons. The fourth-order valence-corrected chi connectivity index (χ4v) is 3.79. The first-order valence-electron chi connectivity index (χ1n) is 9.21. The number of benzene rings is 2. The van der Waals surface area contributed by atoms with E-state index >= 15 is 0 Å². The summed E-state index contributed by atoms with van der Waals surface area (Å²) in [6.07, 6.45) is 1.20. The molecule has 0 aromatic heterocycles. The molecular weight excluding hydrogens is 390 g/mol. The van der Waals surface area contributed by atoms with Gasteiger partial charge in [-0.1, -0.05) is 18.2 Å². The highest BCUT2D eigenvalue weighted by molar-refractivity contribution is 7.92. The molecule has 0 saturated heterocycles. The molecule has 7 nitrogen and oxygen atoms in total. The standard InChI is InChI=1S/C21H25N3O4S/c1-4-28-19-12-10-18(11-13-19)23(15-7-14-22)21(25)16-24(29(3,26)27)20-9-6-5-8-17(20)2/h5-6,8-13H,4,7,15-16H2,1-3H3. The normalized spacial score (nSPS) is 10.8. The molecule has 0 bridgehead atoms. The van der Waals surface area contributed by atoms with Crippen molar-refractivity contribution in [2.75, 3.05) is 35.2 Å². The van der Waals surface area contributed by atoms with E-state index in [1.165, 1.54) is 4.90 Å². The van der Waals surface area contributed by atoms with Crippen molar-refractivity contribution in [2.24, 2.45) is 0 Å². The van der Waals surface area contributed by atoms with Gasteiger partial charge in [0.2, 0.25) is 15.9 Å². The topological polar surface area (TPSA) is 90.7 Å². The third-order valence-corrected chi connectivity index (χ3v) is 5.40. The van der Waals surface area contributed by atoms with E-state index in [1.54, 1.807) is 55.5 Å². The summed E-state index contributed by atoms with van der Waals surface area (Å²) in [5.41, 5.74) is 1.78. The van der Waals surface area contributed by atoms with Gasteiger partial charge in [0.15, 0.2) is 0 Å². The summed E-state index contributed by atoms with van der Waals surface area (Å²) in [6, 6.07) is 15.9. The van der Waals surface area contributed by atoms with E-state index in [9.17, 15) is 13.2 Å². The molecule has 0 unspecified atom stereocenters. The molecule has 0 spiro atoms. The smallest absolute Gasteiger partial charge is 0.247 e. The van der Waals surface area contributed by atoms with Gasteiger partial charge in [0, 0.05) is 12.2 Å². The fourth-order valence-electron chi connectivity index (χ4n) is 2.88. The van der Waals surface area contributed by atoms with Crippen molar-refractivity contribution >= 4 is 27.3 Å². The molecule has 1 amide bonds. The molecule has 154 valence electrons. The Balaban J connectivity index is 2.34. The van der Waals surface area contributed by atoms with Crippen molar-refractivity contribution in [2.45, 2.75) is 20.3 Å². The first-order chi connectivity index (χ1) is 13.8. The van der Waals surface area contributed by atoms with E-state index in [-0.39, 0.29) is 19.5 Å². The molecule has 0 aliphatic heterocycles. The van der Waals surface area contributed by atoms with Crippen molar-refractivity contribution < 1.29 is 17.9 Å². The summed E-state index contributed by atoms with van der Waals surface area (Å²) in [5.74, 6) is 0.250. The monoisotopic (exact) mass is 415 g/mol. The Hall–Kier alpha value is -3.05. The van der Waals surface area contributed by atoms with Gasteiger partial charge in [-0.15, -0.1) is 0 Å². The number of anilines is 2. The lowest BCUT2D eigenvalue weighted by Gasteiger charge is -2.28. The van der Waals surface area contributed by atoms with Crippen LogP contribution in [0.5, 0.6) is 5.75 Å². The molecule has 0 aliphatic carbocycles. The van der Waals surface area contributed by atoms with Gasteiger partial charge in [-0.3, -0.25) is 9.10 Å².